The van der Waals surface area contributed by atoms with Crippen molar-refractivity contribution in [2.24, 2.45) is 0 Å². The van der Waals surface area contributed by atoms with Gasteiger partial charge in [0.2, 0.25) is 5.91 Å². The number of rotatable bonds is 10. The Morgan fingerprint density at radius 1 is 0.844 bits per heavy atom. The van der Waals surface area contributed by atoms with Crippen LogP contribution in [0.2, 0.25) is 0 Å². The van der Waals surface area contributed by atoms with Gasteiger partial charge in [-0.1, -0.05) is 55.5 Å². The van der Waals surface area contributed by atoms with Crippen LogP contribution in [0, 0.1) is 27.7 Å². The van der Waals surface area contributed by atoms with E-state index in [1.807, 2.05) is 84.9 Å². The standard InChI is InChI=1S/C37H49N3O5/c1-11-37(9,10)40(34(43)30(38-35(44)45-36(6,7)8)22-27-16-19-29(41)20-17-27)32(28-18-15-23(2)26(5)21-28)33(42)39-31-24(3)13-12-14-25(31)4/h12-21,30,32,41H,11,22H2,1-10H3,(H,38,44)(H,39,42). The highest BCUT2D eigenvalue weighted by atomic mass is 16.6. The molecule has 0 spiro atoms. The summed E-state index contributed by atoms with van der Waals surface area (Å²) in [6.45, 7) is 18.9. The van der Waals surface area contributed by atoms with Crippen LogP contribution in [0.15, 0.2) is 60.7 Å². The van der Waals surface area contributed by atoms with E-state index in [2.05, 4.69) is 10.6 Å². The molecule has 8 nitrogen and oxygen atoms in total. The molecule has 0 bridgehead atoms. The van der Waals surface area contributed by atoms with Crippen LogP contribution >= 0.6 is 0 Å². The Labute approximate surface area is 268 Å². The molecule has 0 saturated heterocycles. The molecule has 0 aliphatic carbocycles. The topological polar surface area (TPSA) is 108 Å². The molecule has 3 rings (SSSR count). The first-order valence-electron chi connectivity index (χ1n) is 15.5. The lowest BCUT2D eigenvalue weighted by molar-refractivity contribution is -0.147. The number of aryl methyl sites for hydroxylation is 4. The number of amides is 3. The summed E-state index contributed by atoms with van der Waals surface area (Å²) >= 11 is 0. The average Bonchev–Trinajstić information content (AvgIpc) is 2.94. The molecule has 2 unspecified atom stereocenters. The summed E-state index contributed by atoms with van der Waals surface area (Å²) in [5, 5.41) is 15.8. The Hall–Kier alpha value is -4.33. The number of nitrogens with one attached hydrogen (secondary N) is 2. The lowest BCUT2D eigenvalue weighted by Crippen LogP contribution is -2.59. The molecule has 0 aromatic heterocycles. The highest BCUT2D eigenvalue weighted by Gasteiger charge is 2.43. The second-order valence-electron chi connectivity index (χ2n) is 13.4. The zero-order chi connectivity index (χ0) is 33.7. The number of nitrogens with zero attached hydrogens (tertiary/aromatic N) is 1. The first kappa shape index (κ1) is 35.2. The maximum Gasteiger partial charge on any atom is 0.408 e. The van der Waals surface area contributed by atoms with E-state index in [1.165, 1.54) is 12.1 Å². The van der Waals surface area contributed by atoms with Gasteiger partial charge >= 0.3 is 6.09 Å². The van der Waals surface area contributed by atoms with E-state index in [9.17, 15) is 19.5 Å². The summed E-state index contributed by atoms with van der Waals surface area (Å²) in [5.74, 6) is -0.694. The highest BCUT2D eigenvalue weighted by Crippen LogP contribution is 2.35. The van der Waals surface area contributed by atoms with Gasteiger partial charge in [-0.05, 0) is 114 Å². The predicted molar refractivity (Wildman–Crippen MR) is 179 cm³/mol. The van der Waals surface area contributed by atoms with E-state index in [4.69, 9.17) is 4.74 Å². The molecule has 3 amide bonds. The maximum absolute atomic E-state index is 14.9. The Morgan fingerprint density at radius 2 is 1.44 bits per heavy atom. The van der Waals surface area contributed by atoms with Gasteiger partial charge in [-0.25, -0.2) is 4.79 Å². The van der Waals surface area contributed by atoms with Gasteiger partial charge in [-0.15, -0.1) is 0 Å². The molecule has 0 fully saturated rings. The number of hydrogen-bond acceptors (Lipinski definition) is 5. The molecule has 3 aromatic carbocycles. The van der Waals surface area contributed by atoms with E-state index in [-0.39, 0.29) is 18.1 Å². The summed E-state index contributed by atoms with van der Waals surface area (Å²) in [5.41, 5.74) is 4.37. The molecule has 0 heterocycles. The van der Waals surface area contributed by atoms with Gasteiger partial charge in [-0.2, -0.15) is 0 Å². The number of aromatic hydroxyl groups is 1. The number of carbonyl (C=O) groups is 3. The van der Waals surface area contributed by atoms with Crippen molar-refractivity contribution in [2.75, 3.05) is 5.32 Å². The summed E-state index contributed by atoms with van der Waals surface area (Å²) in [4.78, 5) is 44.1. The van der Waals surface area contributed by atoms with Crippen LogP contribution < -0.4 is 10.6 Å². The number of carbonyl (C=O) groups excluding carboxylic acids is 3. The van der Waals surface area contributed by atoms with Gasteiger partial charge in [0, 0.05) is 17.6 Å². The molecule has 0 saturated carbocycles. The van der Waals surface area contributed by atoms with Crippen molar-refractivity contribution < 1.29 is 24.2 Å². The second-order valence-corrected chi connectivity index (χ2v) is 13.4. The van der Waals surface area contributed by atoms with Gasteiger partial charge in [0.15, 0.2) is 0 Å². The molecule has 0 aliphatic rings. The third-order valence-corrected chi connectivity index (χ3v) is 8.20. The summed E-state index contributed by atoms with van der Waals surface area (Å²) < 4.78 is 5.55. The average molecular weight is 616 g/mol. The van der Waals surface area contributed by atoms with E-state index < -0.39 is 35.2 Å². The van der Waals surface area contributed by atoms with Crippen molar-refractivity contribution in [1.29, 1.82) is 0 Å². The number of phenolic OH excluding ortho intramolecular Hbond substituents is 1. The Balaban J connectivity index is 2.20. The molecular weight excluding hydrogens is 566 g/mol. The van der Waals surface area contributed by atoms with Crippen molar-refractivity contribution in [3.63, 3.8) is 0 Å². The van der Waals surface area contributed by atoms with Crippen LogP contribution in [0.25, 0.3) is 0 Å². The predicted octanol–water partition coefficient (Wildman–Crippen LogP) is 7.46. The van der Waals surface area contributed by atoms with E-state index >= 15 is 0 Å². The number of para-hydroxylation sites is 1. The second kappa shape index (κ2) is 14.2. The zero-order valence-corrected chi connectivity index (χ0v) is 28.4. The third-order valence-electron chi connectivity index (χ3n) is 8.20. The van der Waals surface area contributed by atoms with Crippen LogP contribution in [0.1, 0.15) is 87.4 Å². The van der Waals surface area contributed by atoms with Crippen molar-refractivity contribution in [1.82, 2.24) is 10.2 Å². The SMILES string of the molecule is CCC(C)(C)N(C(=O)C(Cc1ccc(O)cc1)NC(=O)OC(C)(C)C)C(C(=O)Nc1c(C)cccc1C)c1ccc(C)c(C)c1. The maximum atomic E-state index is 14.9. The van der Waals surface area contributed by atoms with Crippen LogP contribution in [0.5, 0.6) is 5.75 Å². The number of ether oxygens (including phenoxy) is 1. The smallest absolute Gasteiger partial charge is 0.408 e. The van der Waals surface area contributed by atoms with Gasteiger partial charge < -0.3 is 25.4 Å². The quantitative estimate of drug-likeness (QED) is 0.219. The molecule has 0 aliphatic heterocycles. The zero-order valence-electron chi connectivity index (χ0n) is 28.4. The number of phenols is 1. The van der Waals surface area contributed by atoms with Gasteiger partial charge in [-0.3, -0.25) is 9.59 Å². The molecule has 2 atom stereocenters. The highest BCUT2D eigenvalue weighted by molar-refractivity contribution is 6.00. The van der Waals surface area contributed by atoms with Crippen molar-refractivity contribution in [3.8, 4) is 5.75 Å². The van der Waals surface area contributed by atoms with Crippen LogP contribution in [-0.4, -0.2) is 45.1 Å². The number of benzene rings is 3. The van der Waals surface area contributed by atoms with E-state index in [0.29, 0.717) is 17.7 Å². The molecular formula is C37H49N3O5. The van der Waals surface area contributed by atoms with Crippen LogP contribution in [0.3, 0.4) is 0 Å². The minimum Gasteiger partial charge on any atom is -0.508 e. The molecule has 3 N–H and O–H groups in total. The molecule has 0 radical (unpaired) electrons. The fraction of sp³-hybridized carbons (Fsp3) is 0.432. The van der Waals surface area contributed by atoms with Gasteiger partial charge in [0.1, 0.15) is 23.4 Å². The minimum absolute atomic E-state index is 0.0912. The first-order valence-corrected chi connectivity index (χ1v) is 15.5. The van der Waals surface area contributed by atoms with Gasteiger partial charge in [0.05, 0.1) is 0 Å². The van der Waals surface area contributed by atoms with Crippen LogP contribution in [-0.2, 0) is 20.7 Å². The monoisotopic (exact) mass is 615 g/mol. The number of anilines is 1. The fourth-order valence-electron chi connectivity index (χ4n) is 5.19. The summed E-state index contributed by atoms with van der Waals surface area (Å²) in [6.07, 6.45) is -0.0846. The summed E-state index contributed by atoms with van der Waals surface area (Å²) in [7, 11) is 0. The molecule has 3 aromatic rings. The molecule has 45 heavy (non-hydrogen) atoms. The van der Waals surface area contributed by atoms with Crippen molar-refractivity contribution >= 4 is 23.6 Å². The fourth-order valence-corrected chi connectivity index (χ4v) is 5.19. The molecule has 242 valence electrons. The van der Waals surface area contributed by atoms with E-state index in [0.717, 1.165) is 27.8 Å². The normalized spacial score (nSPS) is 13.0. The number of alkyl carbamates (subject to hydrolysis) is 1. The Bertz CT molecular complexity index is 1500. The Morgan fingerprint density at radius 3 is 1.98 bits per heavy atom. The van der Waals surface area contributed by atoms with Gasteiger partial charge in [0.25, 0.3) is 5.91 Å². The number of hydrogen-bond donors (Lipinski definition) is 3. The third kappa shape index (κ3) is 9.10. The van der Waals surface area contributed by atoms with Crippen LogP contribution in [0.4, 0.5) is 10.5 Å². The largest absolute Gasteiger partial charge is 0.508 e. The minimum atomic E-state index is -1.07. The molecule has 8 heteroatoms. The van der Waals surface area contributed by atoms with E-state index in [1.54, 1.807) is 37.8 Å². The van der Waals surface area contributed by atoms with Crippen molar-refractivity contribution in [3.05, 3.63) is 94.0 Å². The first-order chi connectivity index (χ1) is 20.9. The Kier molecular flexibility index (Phi) is 11.1. The van der Waals surface area contributed by atoms with Crippen molar-refractivity contribution in [2.45, 2.75) is 105 Å². The lowest BCUT2D eigenvalue weighted by Gasteiger charge is -2.44. The lowest BCUT2D eigenvalue weighted by atomic mass is 9.90. The summed E-state index contributed by atoms with van der Waals surface area (Å²) in [6, 6.07) is 16.0.